The van der Waals surface area contributed by atoms with Gasteiger partial charge in [-0.1, -0.05) is 23.2 Å². The Morgan fingerprint density at radius 1 is 1.19 bits per heavy atom. The second kappa shape index (κ2) is 9.26. The van der Waals surface area contributed by atoms with E-state index in [9.17, 15) is 9.59 Å². The van der Waals surface area contributed by atoms with Gasteiger partial charge in [-0.3, -0.25) is 9.59 Å². The Kier molecular flexibility index (Phi) is 7.06. The maximum atomic E-state index is 11.8. The third-order valence-corrected chi connectivity index (χ3v) is 3.61. The van der Waals surface area contributed by atoms with E-state index in [1.165, 1.54) is 19.4 Å². The fourth-order valence-electron chi connectivity index (χ4n) is 1.81. The van der Waals surface area contributed by atoms with Crippen molar-refractivity contribution in [3.63, 3.8) is 0 Å². The number of carbonyl (C=O) groups excluding carboxylic acids is 2. The summed E-state index contributed by atoms with van der Waals surface area (Å²) in [7, 11) is 1.24. The first kappa shape index (κ1) is 19.8. The van der Waals surface area contributed by atoms with Crippen LogP contribution in [0, 0.1) is 0 Å². The Balaban J connectivity index is 1.92. The Labute approximate surface area is 160 Å². The van der Waals surface area contributed by atoms with E-state index in [4.69, 9.17) is 32.7 Å². The highest BCUT2D eigenvalue weighted by molar-refractivity contribution is 6.35. The van der Waals surface area contributed by atoms with Crippen molar-refractivity contribution in [1.29, 1.82) is 0 Å². The number of esters is 1. The van der Waals surface area contributed by atoms with Crippen LogP contribution in [0.2, 0.25) is 10.0 Å². The summed E-state index contributed by atoms with van der Waals surface area (Å²) >= 11 is 11.8. The van der Waals surface area contributed by atoms with Crippen molar-refractivity contribution in [2.75, 3.05) is 13.7 Å². The molecule has 1 heterocycles. The summed E-state index contributed by atoms with van der Waals surface area (Å²) in [6, 6.07) is 8.06. The summed E-state index contributed by atoms with van der Waals surface area (Å²) in [5, 5.41) is 3.11. The Bertz CT molecular complexity index is 783. The predicted octanol–water partition coefficient (Wildman–Crippen LogP) is 3.24. The molecule has 0 fully saturated rings. The molecule has 0 spiro atoms. The highest BCUT2D eigenvalue weighted by Crippen LogP contribution is 2.29. The van der Waals surface area contributed by atoms with Crippen LogP contribution in [0.15, 0.2) is 36.5 Å². The minimum atomic E-state index is -0.793. The van der Waals surface area contributed by atoms with Gasteiger partial charge in [0.1, 0.15) is 23.1 Å². The summed E-state index contributed by atoms with van der Waals surface area (Å²) in [6.45, 7) is 1.35. The molecule has 0 aliphatic carbocycles. The maximum Gasteiger partial charge on any atom is 0.325 e. The first-order valence-electron chi connectivity index (χ1n) is 7.49. The molecular weight excluding hydrogens is 383 g/mol. The van der Waals surface area contributed by atoms with Crippen LogP contribution in [-0.4, -0.2) is 36.6 Å². The van der Waals surface area contributed by atoms with E-state index in [1.807, 2.05) is 0 Å². The van der Waals surface area contributed by atoms with Crippen LogP contribution >= 0.6 is 23.2 Å². The minimum absolute atomic E-state index is 0.218. The number of aromatic nitrogens is 1. The number of carbonyl (C=O) groups is 2. The van der Waals surface area contributed by atoms with E-state index in [1.54, 1.807) is 31.2 Å². The average molecular weight is 399 g/mol. The molecule has 0 radical (unpaired) electrons. The smallest absolute Gasteiger partial charge is 0.325 e. The quantitative estimate of drug-likeness (QED) is 0.720. The lowest BCUT2D eigenvalue weighted by Gasteiger charge is -2.14. The number of amides is 1. The normalized spacial score (nSPS) is 11.4. The number of hydrogen-bond acceptors (Lipinski definition) is 6. The zero-order valence-electron chi connectivity index (χ0n) is 14.0. The lowest BCUT2D eigenvalue weighted by molar-refractivity contribution is -0.141. The zero-order valence-corrected chi connectivity index (χ0v) is 15.5. The van der Waals surface area contributed by atoms with Gasteiger partial charge < -0.3 is 19.5 Å². The topological polar surface area (TPSA) is 86.8 Å². The van der Waals surface area contributed by atoms with Crippen molar-refractivity contribution in [1.82, 2.24) is 10.3 Å². The van der Waals surface area contributed by atoms with Crippen LogP contribution in [0.5, 0.6) is 17.4 Å². The minimum Gasteiger partial charge on any atom is -0.481 e. The standard InChI is InChI=1S/C17H16Cl2N2O5/c1-10(16(23)20-9-15(22)24-2)25-12-3-5-13(6-4-12)26-17-14(19)7-11(18)8-21-17/h3-8,10H,9H2,1-2H3,(H,20,23). The fraction of sp³-hybridized carbons (Fsp3) is 0.235. The summed E-state index contributed by atoms with van der Waals surface area (Å²) in [5.41, 5.74) is 0. The molecule has 1 N–H and O–H groups in total. The number of nitrogens with one attached hydrogen (secondary N) is 1. The van der Waals surface area contributed by atoms with E-state index >= 15 is 0 Å². The monoisotopic (exact) mass is 398 g/mol. The van der Waals surface area contributed by atoms with Gasteiger partial charge in [-0.25, -0.2) is 4.98 Å². The van der Waals surface area contributed by atoms with Crippen molar-refractivity contribution in [2.24, 2.45) is 0 Å². The first-order chi connectivity index (χ1) is 12.4. The van der Waals surface area contributed by atoms with Crippen molar-refractivity contribution >= 4 is 35.1 Å². The second-order valence-corrected chi connectivity index (χ2v) is 5.91. The van der Waals surface area contributed by atoms with Crippen LogP contribution in [0.25, 0.3) is 0 Å². The summed E-state index contributed by atoms with van der Waals surface area (Å²) in [4.78, 5) is 26.9. The molecule has 0 aliphatic heterocycles. The van der Waals surface area contributed by atoms with Crippen LogP contribution in [0.4, 0.5) is 0 Å². The largest absolute Gasteiger partial charge is 0.481 e. The van der Waals surface area contributed by atoms with E-state index in [0.717, 1.165) is 0 Å². The molecule has 0 aliphatic rings. The third kappa shape index (κ3) is 5.79. The molecule has 1 atom stereocenters. The highest BCUT2D eigenvalue weighted by Gasteiger charge is 2.16. The van der Waals surface area contributed by atoms with Crippen LogP contribution in [0.3, 0.4) is 0 Å². The summed E-state index contributed by atoms with van der Waals surface area (Å²) in [5.74, 6) is 0.180. The van der Waals surface area contributed by atoms with Gasteiger partial charge in [0.25, 0.3) is 5.91 Å². The molecule has 26 heavy (non-hydrogen) atoms. The highest BCUT2D eigenvalue weighted by atomic mass is 35.5. The number of rotatable bonds is 7. The van der Waals surface area contributed by atoms with E-state index < -0.39 is 18.0 Å². The molecule has 1 amide bonds. The summed E-state index contributed by atoms with van der Waals surface area (Å²) < 4.78 is 15.5. The number of benzene rings is 1. The molecule has 2 rings (SSSR count). The molecule has 138 valence electrons. The average Bonchev–Trinajstić information content (AvgIpc) is 2.63. The first-order valence-corrected chi connectivity index (χ1v) is 8.24. The molecule has 2 aromatic rings. The van der Waals surface area contributed by atoms with Gasteiger partial charge in [-0.05, 0) is 37.3 Å². The fourth-order valence-corrected chi connectivity index (χ4v) is 2.23. The Morgan fingerprint density at radius 2 is 1.85 bits per heavy atom. The number of halogens is 2. The van der Waals surface area contributed by atoms with Gasteiger partial charge in [0.15, 0.2) is 6.10 Å². The molecule has 1 aromatic heterocycles. The van der Waals surface area contributed by atoms with Gasteiger partial charge in [-0.2, -0.15) is 0 Å². The Hall–Kier alpha value is -2.51. The number of ether oxygens (including phenoxy) is 3. The summed E-state index contributed by atoms with van der Waals surface area (Å²) in [6.07, 6.45) is 0.633. The molecule has 1 aromatic carbocycles. The van der Waals surface area contributed by atoms with Crippen molar-refractivity contribution in [3.8, 4) is 17.4 Å². The lowest BCUT2D eigenvalue weighted by atomic mass is 10.3. The van der Waals surface area contributed by atoms with Crippen molar-refractivity contribution in [3.05, 3.63) is 46.6 Å². The SMILES string of the molecule is COC(=O)CNC(=O)C(C)Oc1ccc(Oc2ncc(Cl)cc2Cl)cc1. The molecule has 0 bridgehead atoms. The molecule has 0 saturated carbocycles. The zero-order chi connectivity index (χ0) is 19.1. The molecule has 9 heteroatoms. The third-order valence-electron chi connectivity index (χ3n) is 3.13. The van der Waals surface area contributed by atoms with Crippen LogP contribution in [-0.2, 0) is 14.3 Å². The molecule has 0 saturated heterocycles. The van der Waals surface area contributed by atoms with Gasteiger partial charge in [0, 0.05) is 6.20 Å². The lowest BCUT2D eigenvalue weighted by Crippen LogP contribution is -2.39. The molecule has 1 unspecified atom stereocenters. The molecular formula is C17H16Cl2N2O5. The van der Waals surface area contributed by atoms with Crippen molar-refractivity contribution < 1.29 is 23.8 Å². The maximum absolute atomic E-state index is 11.8. The molecule has 7 nitrogen and oxygen atoms in total. The van der Waals surface area contributed by atoms with E-state index in [-0.39, 0.29) is 17.4 Å². The van der Waals surface area contributed by atoms with Gasteiger partial charge in [0.2, 0.25) is 5.88 Å². The van der Waals surface area contributed by atoms with Gasteiger partial charge >= 0.3 is 5.97 Å². The number of methoxy groups -OCH3 is 1. The second-order valence-electron chi connectivity index (χ2n) is 5.07. The van der Waals surface area contributed by atoms with Crippen LogP contribution in [0.1, 0.15) is 6.92 Å². The predicted molar refractivity (Wildman–Crippen MR) is 95.9 cm³/mol. The van der Waals surface area contributed by atoms with Gasteiger partial charge in [-0.15, -0.1) is 0 Å². The number of pyridine rings is 1. The van der Waals surface area contributed by atoms with Crippen molar-refractivity contribution in [2.45, 2.75) is 13.0 Å². The Morgan fingerprint density at radius 3 is 2.46 bits per heavy atom. The number of nitrogens with zero attached hydrogens (tertiary/aromatic N) is 1. The van der Waals surface area contributed by atoms with E-state index in [2.05, 4.69) is 15.0 Å². The van der Waals surface area contributed by atoms with E-state index in [0.29, 0.717) is 16.5 Å². The van der Waals surface area contributed by atoms with Gasteiger partial charge in [0.05, 0.1) is 12.1 Å². The number of hydrogen-bond donors (Lipinski definition) is 1. The van der Waals surface area contributed by atoms with Crippen LogP contribution < -0.4 is 14.8 Å².